The molecular formula is C25H30NO4PSi. The topological polar surface area (TPSA) is 69.4 Å². The second-order valence-electron chi connectivity index (χ2n) is 9.41. The van der Waals surface area contributed by atoms with Crippen LogP contribution in [-0.4, -0.2) is 13.2 Å². The highest BCUT2D eigenvalue weighted by Crippen LogP contribution is 2.60. The van der Waals surface area contributed by atoms with Crippen LogP contribution in [0.5, 0.6) is 0 Å². The zero-order valence-electron chi connectivity index (χ0n) is 19.2. The summed E-state index contributed by atoms with van der Waals surface area (Å²) in [6, 6.07) is 25.1. The van der Waals surface area contributed by atoms with Crippen molar-refractivity contribution in [3.8, 4) is 0 Å². The first-order valence-electron chi connectivity index (χ1n) is 10.6. The highest BCUT2D eigenvalue weighted by Gasteiger charge is 2.46. The van der Waals surface area contributed by atoms with E-state index in [4.69, 9.17) is 4.43 Å². The Morgan fingerprint density at radius 2 is 1.28 bits per heavy atom. The SMILES string of the molecule is CC(C)(C)[Si](C)(C)OC(c1ccc([N+](=O)[O-])cc1)P(=O)(c1ccccc1)c1ccccc1. The Labute approximate surface area is 191 Å². The van der Waals surface area contributed by atoms with Gasteiger partial charge in [-0.2, -0.15) is 0 Å². The van der Waals surface area contributed by atoms with Gasteiger partial charge in [0.2, 0.25) is 0 Å². The van der Waals surface area contributed by atoms with Crippen molar-refractivity contribution in [3.05, 3.63) is 101 Å². The third-order valence-corrected chi connectivity index (χ3v) is 14.0. The van der Waals surface area contributed by atoms with E-state index in [9.17, 15) is 10.1 Å². The van der Waals surface area contributed by atoms with Crippen LogP contribution in [0.15, 0.2) is 84.9 Å². The first-order valence-corrected chi connectivity index (χ1v) is 15.3. The second kappa shape index (κ2) is 9.14. The molecule has 0 spiro atoms. The number of hydrogen-bond donors (Lipinski definition) is 0. The lowest BCUT2D eigenvalue weighted by Crippen LogP contribution is -2.43. The molecule has 0 amide bonds. The average molecular weight is 468 g/mol. The van der Waals surface area contributed by atoms with Crippen molar-refractivity contribution in [3.63, 3.8) is 0 Å². The van der Waals surface area contributed by atoms with Crippen LogP contribution in [0, 0.1) is 10.1 Å². The quantitative estimate of drug-likeness (QED) is 0.169. The summed E-state index contributed by atoms with van der Waals surface area (Å²) in [7, 11) is -5.69. The molecule has 0 saturated carbocycles. The predicted molar refractivity (Wildman–Crippen MR) is 134 cm³/mol. The lowest BCUT2D eigenvalue weighted by molar-refractivity contribution is -0.384. The van der Waals surface area contributed by atoms with Crippen LogP contribution in [0.2, 0.25) is 18.1 Å². The molecule has 1 unspecified atom stereocenters. The minimum absolute atomic E-state index is 0.00548. The summed E-state index contributed by atoms with van der Waals surface area (Å²) in [6.07, 6.45) is 0. The molecule has 0 radical (unpaired) electrons. The molecule has 0 N–H and O–H groups in total. The van der Waals surface area contributed by atoms with Crippen LogP contribution in [0.1, 0.15) is 32.2 Å². The molecule has 3 rings (SSSR count). The molecule has 0 aliphatic carbocycles. The zero-order chi connectivity index (χ0) is 23.6. The molecule has 32 heavy (non-hydrogen) atoms. The van der Waals surface area contributed by atoms with Gasteiger partial charge in [-0.1, -0.05) is 81.4 Å². The first kappa shape index (κ1) is 24.1. The van der Waals surface area contributed by atoms with E-state index in [1.54, 1.807) is 12.1 Å². The number of benzene rings is 3. The van der Waals surface area contributed by atoms with Gasteiger partial charge in [-0.3, -0.25) is 10.1 Å². The maximum Gasteiger partial charge on any atom is 0.269 e. The predicted octanol–water partition coefficient (Wildman–Crippen LogP) is 6.63. The lowest BCUT2D eigenvalue weighted by Gasteiger charge is -2.41. The van der Waals surface area contributed by atoms with E-state index < -0.39 is 26.2 Å². The summed E-state index contributed by atoms with van der Waals surface area (Å²) in [5.41, 5.74) is 0.672. The van der Waals surface area contributed by atoms with E-state index in [1.807, 2.05) is 60.7 Å². The van der Waals surface area contributed by atoms with Crippen molar-refractivity contribution in [2.24, 2.45) is 0 Å². The van der Waals surface area contributed by atoms with Gasteiger partial charge in [-0.05, 0) is 35.8 Å². The van der Waals surface area contributed by atoms with Gasteiger partial charge in [0, 0.05) is 22.7 Å². The summed E-state index contributed by atoms with van der Waals surface area (Å²) in [4.78, 5) is 10.8. The summed E-state index contributed by atoms with van der Waals surface area (Å²) in [5.74, 6) is -0.756. The Bertz CT molecular complexity index is 1070. The highest BCUT2D eigenvalue weighted by molar-refractivity contribution is 7.78. The van der Waals surface area contributed by atoms with Crippen LogP contribution in [-0.2, 0) is 8.99 Å². The van der Waals surface area contributed by atoms with E-state index in [-0.39, 0.29) is 10.7 Å². The highest BCUT2D eigenvalue weighted by atomic mass is 31.2. The number of nitrogens with zero attached hydrogens (tertiary/aromatic N) is 1. The van der Waals surface area contributed by atoms with Crippen LogP contribution >= 0.6 is 7.14 Å². The monoisotopic (exact) mass is 467 g/mol. The maximum absolute atomic E-state index is 15.1. The van der Waals surface area contributed by atoms with Gasteiger partial charge in [0.05, 0.1) is 4.92 Å². The standard InChI is InChI=1S/C25H30NO4PSi/c1-25(2,3)32(4,5)30-24(20-16-18-21(19-17-20)26(27)28)31(29,22-12-8-6-9-13-22)23-14-10-7-11-15-23/h6-19,24H,1-5H3. The zero-order valence-corrected chi connectivity index (χ0v) is 21.1. The van der Waals surface area contributed by atoms with Gasteiger partial charge in [-0.25, -0.2) is 0 Å². The summed E-state index contributed by atoms with van der Waals surface area (Å²) in [5, 5.41) is 12.5. The summed E-state index contributed by atoms with van der Waals surface area (Å²) in [6.45, 7) is 10.7. The average Bonchev–Trinajstić information content (AvgIpc) is 2.77. The van der Waals surface area contributed by atoms with Crippen LogP contribution < -0.4 is 10.6 Å². The number of rotatable bonds is 7. The molecule has 1 atom stereocenters. The molecule has 168 valence electrons. The molecule has 0 fully saturated rings. The molecule has 0 aliphatic heterocycles. The van der Waals surface area contributed by atoms with Crippen molar-refractivity contribution in [1.82, 2.24) is 0 Å². The Kier molecular flexibility index (Phi) is 6.89. The van der Waals surface area contributed by atoms with Crippen LogP contribution in [0.3, 0.4) is 0 Å². The Morgan fingerprint density at radius 3 is 1.66 bits per heavy atom. The fraction of sp³-hybridized carbons (Fsp3) is 0.280. The van der Waals surface area contributed by atoms with Crippen LogP contribution in [0.25, 0.3) is 0 Å². The van der Waals surface area contributed by atoms with Crippen molar-refractivity contribution >= 4 is 31.8 Å². The fourth-order valence-electron chi connectivity index (χ4n) is 3.29. The van der Waals surface area contributed by atoms with E-state index in [0.29, 0.717) is 16.2 Å². The molecular weight excluding hydrogens is 437 g/mol. The van der Waals surface area contributed by atoms with Crippen molar-refractivity contribution in [1.29, 1.82) is 0 Å². The van der Waals surface area contributed by atoms with E-state index in [0.717, 1.165) is 0 Å². The van der Waals surface area contributed by atoms with Gasteiger partial charge in [-0.15, -0.1) is 0 Å². The minimum atomic E-state index is -3.32. The third kappa shape index (κ3) is 4.78. The Balaban J connectivity index is 2.27. The number of hydrogen-bond acceptors (Lipinski definition) is 4. The molecule has 0 aliphatic rings. The molecule has 3 aromatic carbocycles. The molecule has 0 bridgehead atoms. The second-order valence-corrected chi connectivity index (χ2v) is 17.0. The van der Waals surface area contributed by atoms with Crippen molar-refractivity contribution < 1.29 is 13.9 Å². The Morgan fingerprint density at radius 1 is 0.844 bits per heavy atom. The van der Waals surface area contributed by atoms with Gasteiger partial charge >= 0.3 is 0 Å². The van der Waals surface area contributed by atoms with Gasteiger partial charge < -0.3 is 8.99 Å². The Hall–Kier alpha value is -2.53. The largest absolute Gasteiger partial charge is 0.402 e. The van der Waals surface area contributed by atoms with Crippen molar-refractivity contribution in [2.75, 3.05) is 0 Å². The van der Waals surface area contributed by atoms with Gasteiger partial charge in [0.1, 0.15) is 5.85 Å². The molecule has 0 heterocycles. The number of nitro benzene ring substituents is 1. The van der Waals surface area contributed by atoms with Crippen LogP contribution in [0.4, 0.5) is 5.69 Å². The minimum Gasteiger partial charge on any atom is -0.402 e. The molecule has 0 aromatic heterocycles. The number of non-ortho nitro benzene ring substituents is 1. The normalized spacial score (nSPS) is 13.5. The molecule has 0 saturated heterocycles. The lowest BCUT2D eigenvalue weighted by atomic mass is 10.2. The molecule has 5 nitrogen and oxygen atoms in total. The first-order chi connectivity index (χ1) is 15.0. The van der Waals surface area contributed by atoms with E-state index >= 15 is 4.57 Å². The third-order valence-electron chi connectivity index (χ3n) is 6.21. The van der Waals surface area contributed by atoms with Gasteiger partial charge in [0.25, 0.3) is 5.69 Å². The fourth-order valence-corrected chi connectivity index (χ4v) is 8.38. The number of nitro groups is 1. The molecule has 3 aromatic rings. The summed E-state index contributed by atoms with van der Waals surface area (Å²) >= 11 is 0. The van der Waals surface area contributed by atoms with E-state index in [1.165, 1.54) is 12.1 Å². The van der Waals surface area contributed by atoms with E-state index in [2.05, 4.69) is 33.9 Å². The summed E-state index contributed by atoms with van der Waals surface area (Å²) < 4.78 is 22.0. The molecule has 7 heteroatoms. The maximum atomic E-state index is 15.1. The van der Waals surface area contributed by atoms with Gasteiger partial charge in [0.15, 0.2) is 15.5 Å². The van der Waals surface area contributed by atoms with Crippen molar-refractivity contribution in [2.45, 2.75) is 44.7 Å². The smallest absolute Gasteiger partial charge is 0.269 e.